The van der Waals surface area contributed by atoms with Crippen molar-refractivity contribution in [2.75, 3.05) is 35.0 Å². The predicted octanol–water partition coefficient (Wildman–Crippen LogP) is -1.42. The van der Waals surface area contributed by atoms with E-state index in [1.807, 2.05) is 0 Å². The van der Waals surface area contributed by atoms with Crippen LogP contribution in [0.2, 0.25) is 0 Å². The molecule has 0 aromatic heterocycles. The second-order valence-electron chi connectivity index (χ2n) is 12.5. The van der Waals surface area contributed by atoms with E-state index in [1.165, 1.54) is 34.3 Å². The van der Waals surface area contributed by atoms with E-state index >= 15 is 0 Å². The lowest BCUT2D eigenvalue weighted by Crippen LogP contribution is -2.66. The number of carbonyl (C=O) groups is 2. The van der Waals surface area contributed by atoms with Gasteiger partial charge in [0, 0.05) is 37.0 Å². The summed E-state index contributed by atoms with van der Waals surface area (Å²) in [7, 11) is 5.30. The smallest absolute Gasteiger partial charge is 0.343 e. The quantitative estimate of drug-likeness (QED) is 0.118. The molecule has 50 heavy (non-hydrogen) atoms. The lowest BCUT2D eigenvalue weighted by Gasteiger charge is -2.48. The summed E-state index contributed by atoms with van der Waals surface area (Å²) in [6, 6.07) is 6.83. The van der Waals surface area contributed by atoms with Crippen molar-refractivity contribution < 1.29 is 73.8 Å². The van der Waals surface area contributed by atoms with Crippen molar-refractivity contribution in [3.05, 3.63) is 52.6 Å². The number of carbonyl (C=O) groups excluding carboxylic acids is 2. The summed E-state index contributed by atoms with van der Waals surface area (Å²) >= 11 is 0. The number of ether oxygens (including phenoxy) is 6. The molecule has 0 aliphatic carbocycles. The van der Waals surface area contributed by atoms with Gasteiger partial charge in [-0.3, -0.25) is 4.79 Å². The average molecular weight is 710 g/mol. The Hall–Kier alpha value is -3.58. The fraction of sp³-hybridized carbons (Fsp3) is 0.588. The topological polar surface area (TPSA) is 243 Å². The second kappa shape index (κ2) is 16.2. The normalized spacial score (nSPS) is 30.9. The predicted molar refractivity (Wildman–Crippen MR) is 173 cm³/mol. The lowest BCUT2D eigenvalue weighted by molar-refractivity contribution is -0.235. The summed E-state index contributed by atoms with van der Waals surface area (Å²) in [5.41, 5.74) is -0.595. The summed E-state index contributed by atoms with van der Waals surface area (Å²) < 4.78 is 34.2. The minimum absolute atomic E-state index is 0.0596. The highest BCUT2D eigenvalue weighted by Crippen LogP contribution is 2.47. The molecule has 2 aromatic carbocycles. The first-order chi connectivity index (χ1) is 23.7. The van der Waals surface area contributed by atoms with Gasteiger partial charge >= 0.3 is 5.97 Å². The van der Waals surface area contributed by atoms with Crippen LogP contribution in [0.4, 0.5) is 0 Å². The van der Waals surface area contributed by atoms with E-state index in [1.54, 1.807) is 31.2 Å². The number of nitrogens with one attached hydrogen (secondary N) is 1. The van der Waals surface area contributed by atoms with E-state index in [2.05, 4.69) is 5.32 Å². The Kier molecular flexibility index (Phi) is 12.7. The van der Waals surface area contributed by atoms with Gasteiger partial charge in [-0.2, -0.15) is 0 Å². The summed E-state index contributed by atoms with van der Waals surface area (Å²) in [4.78, 5) is 25.8. The Bertz CT molecular complexity index is 1510. The average Bonchev–Trinajstić information content (AvgIpc) is 3.11. The lowest BCUT2D eigenvalue weighted by atomic mass is 9.78. The molecule has 2 fully saturated rings. The molecule has 2 saturated heterocycles. The summed E-state index contributed by atoms with van der Waals surface area (Å²) in [5, 5.41) is 76.3. The third-order valence-electron chi connectivity index (χ3n) is 9.29. The molecule has 11 atom stereocenters. The fourth-order valence-corrected chi connectivity index (χ4v) is 6.66. The maximum Gasteiger partial charge on any atom is 0.343 e. The molecule has 16 heteroatoms. The van der Waals surface area contributed by atoms with Crippen LogP contribution in [-0.4, -0.2) is 138 Å². The molecule has 278 valence electrons. The number of methoxy groups -OCH3 is 4. The minimum atomic E-state index is -2.17. The zero-order valence-corrected chi connectivity index (χ0v) is 28.7. The van der Waals surface area contributed by atoms with Crippen LogP contribution in [0.5, 0.6) is 17.2 Å². The van der Waals surface area contributed by atoms with Crippen molar-refractivity contribution in [1.29, 1.82) is 0 Å². The van der Waals surface area contributed by atoms with Gasteiger partial charge in [-0.05, 0) is 36.2 Å². The highest BCUT2D eigenvalue weighted by Gasteiger charge is 2.57. The summed E-state index contributed by atoms with van der Waals surface area (Å²) in [6.45, 7) is 1.86. The molecule has 2 heterocycles. The summed E-state index contributed by atoms with van der Waals surface area (Å²) in [5.74, 6) is -0.827. The first-order valence-corrected chi connectivity index (χ1v) is 16.0. The Morgan fingerprint density at radius 2 is 1.60 bits per heavy atom. The van der Waals surface area contributed by atoms with Crippen LogP contribution in [0, 0.1) is 0 Å². The number of hydrogen-bond donors (Lipinski definition) is 8. The van der Waals surface area contributed by atoms with Gasteiger partial charge in [0.15, 0.2) is 5.60 Å². The number of rotatable bonds is 12. The standard InChI is InChI=1S/C34H47NO15/c1-15-27(40)29(42)30(43)31(49-15)19-10-17(7-8-23(19)45-3)9-18-11-20(25(47-5)12-24(18)46-4)34(33(44)48-6)13-21(38)26(35-16(2)37)32(50-34)28(41)22(39)14-36/h7-8,10-12,15,21-22,26-32,36,38-43H,9,13-14H2,1-6H3,(H,35,37)/t15-,21-,22+,26+,27+,28+,29+,30-,31+,32+,34-/m0/s1. The van der Waals surface area contributed by atoms with Crippen LogP contribution >= 0.6 is 0 Å². The van der Waals surface area contributed by atoms with Gasteiger partial charge in [-0.25, -0.2) is 4.79 Å². The zero-order valence-electron chi connectivity index (χ0n) is 28.7. The number of amides is 1. The van der Waals surface area contributed by atoms with Gasteiger partial charge in [0.25, 0.3) is 0 Å². The maximum absolute atomic E-state index is 13.7. The molecular weight excluding hydrogens is 662 g/mol. The third-order valence-corrected chi connectivity index (χ3v) is 9.29. The highest BCUT2D eigenvalue weighted by molar-refractivity contribution is 5.83. The minimum Gasteiger partial charge on any atom is -0.496 e. The van der Waals surface area contributed by atoms with E-state index in [9.17, 15) is 45.3 Å². The number of hydrogen-bond acceptors (Lipinski definition) is 15. The van der Waals surface area contributed by atoms with E-state index in [4.69, 9.17) is 28.4 Å². The van der Waals surface area contributed by atoms with Gasteiger partial charge < -0.3 is 69.5 Å². The Labute approximate surface area is 289 Å². The second-order valence-corrected chi connectivity index (χ2v) is 12.5. The number of aliphatic hydroxyl groups excluding tert-OH is 7. The molecule has 2 aromatic rings. The first-order valence-electron chi connectivity index (χ1n) is 16.0. The van der Waals surface area contributed by atoms with E-state index in [0.29, 0.717) is 28.2 Å². The number of esters is 1. The van der Waals surface area contributed by atoms with Crippen molar-refractivity contribution in [2.24, 2.45) is 0 Å². The molecule has 0 saturated carbocycles. The van der Waals surface area contributed by atoms with Crippen molar-refractivity contribution in [2.45, 2.75) is 93.3 Å². The maximum atomic E-state index is 13.7. The number of benzene rings is 2. The molecule has 8 N–H and O–H groups in total. The van der Waals surface area contributed by atoms with Crippen molar-refractivity contribution in [3.63, 3.8) is 0 Å². The van der Waals surface area contributed by atoms with Gasteiger partial charge in [0.05, 0.1) is 53.3 Å². The zero-order chi connectivity index (χ0) is 37.1. The van der Waals surface area contributed by atoms with E-state index in [-0.39, 0.29) is 17.7 Å². The molecule has 2 aliphatic heterocycles. The molecular formula is C34H47NO15. The molecule has 1 amide bonds. The van der Waals surface area contributed by atoms with Gasteiger partial charge in [-0.1, -0.05) is 6.07 Å². The van der Waals surface area contributed by atoms with Crippen molar-refractivity contribution in [3.8, 4) is 17.2 Å². The fourth-order valence-electron chi connectivity index (χ4n) is 6.66. The molecule has 0 unspecified atom stereocenters. The van der Waals surface area contributed by atoms with Crippen LogP contribution in [0.25, 0.3) is 0 Å². The molecule has 4 rings (SSSR count). The van der Waals surface area contributed by atoms with Crippen LogP contribution < -0.4 is 19.5 Å². The first kappa shape index (κ1) is 39.2. The molecule has 0 radical (unpaired) electrons. The summed E-state index contributed by atoms with van der Waals surface area (Å²) in [6.07, 6.45) is -13.3. The van der Waals surface area contributed by atoms with Crippen LogP contribution in [0.3, 0.4) is 0 Å². The number of aliphatic hydroxyl groups is 7. The van der Waals surface area contributed by atoms with Crippen LogP contribution in [0.1, 0.15) is 48.6 Å². The van der Waals surface area contributed by atoms with Crippen LogP contribution in [0.15, 0.2) is 30.3 Å². The van der Waals surface area contributed by atoms with Crippen molar-refractivity contribution >= 4 is 11.9 Å². The highest BCUT2D eigenvalue weighted by atomic mass is 16.6. The van der Waals surface area contributed by atoms with Crippen LogP contribution in [-0.2, 0) is 35.8 Å². The van der Waals surface area contributed by atoms with Crippen molar-refractivity contribution in [1.82, 2.24) is 5.32 Å². The van der Waals surface area contributed by atoms with Gasteiger partial charge in [0.2, 0.25) is 5.91 Å². The molecule has 0 bridgehead atoms. The molecule has 0 spiro atoms. The SMILES string of the molecule is COC(=O)[C@@]1(c2cc(Cc3ccc(OC)c([C@H]4O[C@@H](C)[C@@H](O)[C@@H](O)[C@@H]4O)c3)c(OC)cc2OC)C[C@H](O)[C@@H](NC(C)=O)[C@H]([C@H](O)[C@H](O)CO)O1. The van der Waals surface area contributed by atoms with E-state index < -0.39 is 91.5 Å². The Balaban J connectivity index is 1.85. The van der Waals surface area contributed by atoms with Gasteiger partial charge in [0.1, 0.15) is 60.0 Å². The van der Waals surface area contributed by atoms with E-state index in [0.717, 1.165) is 7.11 Å². The molecule has 16 nitrogen and oxygen atoms in total. The Morgan fingerprint density at radius 1 is 0.940 bits per heavy atom. The largest absolute Gasteiger partial charge is 0.496 e. The molecule has 2 aliphatic rings. The Morgan fingerprint density at radius 3 is 2.18 bits per heavy atom. The monoisotopic (exact) mass is 709 g/mol. The third kappa shape index (κ3) is 7.54. The van der Waals surface area contributed by atoms with Gasteiger partial charge in [-0.15, -0.1) is 0 Å².